The number of hydrogen-bond acceptors (Lipinski definition) is 7. The summed E-state index contributed by atoms with van der Waals surface area (Å²) in [5, 5.41) is 3.20. The van der Waals surface area contributed by atoms with E-state index >= 15 is 0 Å². The molecule has 0 atom stereocenters. The highest BCUT2D eigenvalue weighted by Crippen LogP contribution is 2.29. The number of carbonyl (C=O) groups is 2. The smallest absolute Gasteiger partial charge is 0.338 e. The van der Waals surface area contributed by atoms with Crippen molar-refractivity contribution in [3.05, 3.63) is 53.6 Å². The van der Waals surface area contributed by atoms with Gasteiger partial charge in [-0.2, -0.15) is 0 Å². The summed E-state index contributed by atoms with van der Waals surface area (Å²) >= 11 is 1.29. The summed E-state index contributed by atoms with van der Waals surface area (Å²) in [5.74, 6) is 0.552. The number of benzene rings is 2. The number of methoxy groups -OCH3 is 1. The van der Waals surface area contributed by atoms with Crippen LogP contribution in [0.1, 0.15) is 36.7 Å². The lowest BCUT2D eigenvalue weighted by Gasteiger charge is -2.09. The van der Waals surface area contributed by atoms with Crippen LogP contribution in [0.25, 0.3) is 16.3 Å². The van der Waals surface area contributed by atoms with Gasteiger partial charge in [0.25, 0.3) is 0 Å². The van der Waals surface area contributed by atoms with Gasteiger partial charge in [-0.1, -0.05) is 17.4 Å². The molecule has 1 aromatic heterocycles. The molecule has 3 rings (SSSR count). The molecule has 31 heavy (non-hydrogen) atoms. The Labute approximate surface area is 184 Å². The molecule has 162 valence electrons. The molecule has 1 amide bonds. The van der Waals surface area contributed by atoms with Crippen LogP contribution in [0, 0.1) is 0 Å². The molecular formula is C23H24N2O5S. The standard InChI is InChI=1S/C23H24N2O5S/c1-5-29-18-10-6-15(12-19(18)28-4)7-11-21(26)25-23-24-17-9-8-16(13-20(17)31-23)22(27)30-14(2)3/h6-14H,5H2,1-4H3,(H,24,25,26)/b11-7+. The largest absolute Gasteiger partial charge is 0.493 e. The highest BCUT2D eigenvalue weighted by Gasteiger charge is 2.13. The molecule has 0 aliphatic carbocycles. The van der Waals surface area contributed by atoms with Gasteiger partial charge < -0.3 is 14.2 Å². The first-order valence-electron chi connectivity index (χ1n) is 9.81. The summed E-state index contributed by atoms with van der Waals surface area (Å²) in [4.78, 5) is 28.8. The number of fused-ring (bicyclic) bond motifs is 1. The predicted octanol–water partition coefficient (Wildman–Crippen LogP) is 4.92. The molecule has 3 aromatic rings. The third kappa shape index (κ3) is 5.82. The number of anilines is 1. The molecule has 1 heterocycles. The lowest BCUT2D eigenvalue weighted by molar-refractivity contribution is -0.111. The van der Waals surface area contributed by atoms with Crippen molar-refractivity contribution >= 4 is 44.6 Å². The Balaban J connectivity index is 1.69. The first-order valence-corrected chi connectivity index (χ1v) is 10.6. The van der Waals surface area contributed by atoms with Crippen LogP contribution in [-0.2, 0) is 9.53 Å². The Bertz CT molecular complexity index is 1120. The van der Waals surface area contributed by atoms with E-state index in [1.54, 1.807) is 57.4 Å². The van der Waals surface area contributed by atoms with E-state index in [4.69, 9.17) is 14.2 Å². The molecule has 0 bridgehead atoms. The van der Waals surface area contributed by atoms with Gasteiger partial charge in [0, 0.05) is 6.08 Å². The van der Waals surface area contributed by atoms with E-state index < -0.39 is 0 Å². The molecule has 0 aliphatic rings. The first-order chi connectivity index (χ1) is 14.9. The minimum Gasteiger partial charge on any atom is -0.493 e. The zero-order valence-electron chi connectivity index (χ0n) is 17.8. The van der Waals surface area contributed by atoms with Crippen LogP contribution in [0.5, 0.6) is 11.5 Å². The Morgan fingerprint density at radius 3 is 2.68 bits per heavy atom. The van der Waals surface area contributed by atoms with E-state index in [9.17, 15) is 9.59 Å². The van der Waals surface area contributed by atoms with Gasteiger partial charge in [-0.05, 0) is 62.7 Å². The van der Waals surface area contributed by atoms with Gasteiger partial charge in [0.1, 0.15) is 0 Å². The lowest BCUT2D eigenvalue weighted by atomic mass is 10.2. The van der Waals surface area contributed by atoms with E-state index in [2.05, 4.69) is 10.3 Å². The average Bonchev–Trinajstić information content (AvgIpc) is 3.14. The second-order valence-corrected chi connectivity index (χ2v) is 7.85. The number of nitrogens with zero attached hydrogens (tertiary/aromatic N) is 1. The summed E-state index contributed by atoms with van der Waals surface area (Å²) in [6, 6.07) is 10.6. The number of rotatable bonds is 8. The molecule has 8 heteroatoms. The molecule has 0 unspecified atom stereocenters. The Hall–Kier alpha value is -3.39. The minimum atomic E-state index is -0.385. The van der Waals surface area contributed by atoms with Crippen LogP contribution in [0.4, 0.5) is 5.13 Å². The van der Waals surface area contributed by atoms with Crippen LogP contribution >= 0.6 is 11.3 Å². The normalized spacial score (nSPS) is 11.1. The molecule has 1 N–H and O–H groups in total. The summed E-state index contributed by atoms with van der Waals surface area (Å²) in [6.07, 6.45) is 2.91. The molecular weight excluding hydrogens is 416 g/mol. The number of carbonyl (C=O) groups excluding carboxylic acids is 2. The van der Waals surface area contributed by atoms with Crippen molar-refractivity contribution in [3.8, 4) is 11.5 Å². The number of esters is 1. The Kier molecular flexibility index (Phi) is 7.25. The third-order valence-electron chi connectivity index (χ3n) is 4.11. The molecule has 0 fully saturated rings. The number of ether oxygens (including phenoxy) is 3. The molecule has 0 radical (unpaired) electrons. The van der Waals surface area contributed by atoms with Crippen molar-refractivity contribution in [2.45, 2.75) is 26.9 Å². The second kappa shape index (κ2) is 10.1. The van der Waals surface area contributed by atoms with Crippen LogP contribution in [0.2, 0.25) is 0 Å². The van der Waals surface area contributed by atoms with Crippen molar-refractivity contribution in [1.29, 1.82) is 0 Å². The van der Waals surface area contributed by atoms with Crippen LogP contribution in [0.15, 0.2) is 42.5 Å². The predicted molar refractivity (Wildman–Crippen MR) is 122 cm³/mol. The number of amides is 1. The van der Waals surface area contributed by atoms with Gasteiger partial charge in [0.05, 0.1) is 35.6 Å². The van der Waals surface area contributed by atoms with Gasteiger partial charge in [-0.15, -0.1) is 0 Å². The highest BCUT2D eigenvalue weighted by atomic mass is 32.1. The van der Waals surface area contributed by atoms with Crippen LogP contribution in [0.3, 0.4) is 0 Å². The number of aromatic nitrogens is 1. The van der Waals surface area contributed by atoms with Gasteiger partial charge in [-0.25, -0.2) is 9.78 Å². The van der Waals surface area contributed by atoms with E-state index in [1.165, 1.54) is 17.4 Å². The zero-order chi connectivity index (χ0) is 22.4. The fourth-order valence-corrected chi connectivity index (χ4v) is 3.68. The average molecular weight is 441 g/mol. The van der Waals surface area contributed by atoms with E-state index in [0.717, 1.165) is 10.3 Å². The van der Waals surface area contributed by atoms with Crippen LogP contribution in [-0.4, -0.2) is 36.7 Å². The fourth-order valence-electron chi connectivity index (χ4n) is 2.77. The second-order valence-electron chi connectivity index (χ2n) is 6.82. The SMILES string of the molecule is CCOc1ccc(/C=C/C(=O)Nc2nc3ccc(C(=O)OC(C)C)cc3s2)cc1OC. The van der Waals surface area contributed by atoms with Crippen molar-refractivity contribution in [2.75, 3.05) is 19.0 Å². The molecule has 0 saturated heterocycles. The van der Waals surface area contributed by atoms with Crippen LogP contribution < -0.4 is 14.8 Å². The maximum Gasteiger partial charge on any atom is 0.338 e. The molecule has 0 aliphatic heterocycles. The van der Waals surface area contributed by atoms with Gasteiger partial charge in [-0.3, -0.25) is 10.1 Å². The fraction of sp³-hybridized carbons (Fsp3) is 0.261. The van der Waals surface area contributed by atoms with E-state index in [1.807, 2.05) is 13.0 Å². The monoisotopic (exact) mass is 440 g/mol. The first kappa shape index (κ1) is 22.3. The summed E-state index contributed by atoms with van der Waals surface area (Å²) in [5.41, 5.74) is 1.95. The van der Waals surface area contributed by atoms with Crippen molar-refractivity contribution in [3.63, 3.8) is 0 Å². The van der Waals surface area contributed by atoms with E-state index in [-0.39, 0.29) is 18.0 Å². The van der Waals surface area contributed by atoms with Crippen molar-refractivity contribution in [1.82, 2.24) is 4.98 Å². The summed E-state index contributed by atoms with van der Waals surface area (Å²) < 4.78 is 16.8. The molecule has 0 saturated carbocycles. The minimum absolute atomic E-state index is 0.193. The maximum absolute atomic E-state index is 12.3. The molecule has 7 nitrogen and oxygen atoms in total. The number of hydrogen-bond donors (Lipinski definition) is 1. The number of thiazole rings is 1. The topological polar surface area (TPSA) is 86.8 Å². The van der Waals surface area contributed by atoms with Crippen molar-refractivity contribution in [2.24, 2.45) is 0 Å². The Morgan fingerprint density at radius 1 is 1.16 bits per heavy atom. The van der Waals surface area contributed by atoms with Gasteiger partial charge in [0.2, 0.25) is 5.91 Å². The van der Waals surface area contributed by atoms with Gasteiger partial charge in [0.15, 0.2) is 16.6 Å². The lowest BCUT2D eigenvalue weighted by Crippen LogP contribution is -2.11. The van der Waals surface area contributed by atoms with Crippen molar-refractivity contribution < 1.29 is 23.8 Å². The molecule has 2 aromatic carbocycles. The summed E-state index contributed by atoms with van der Waals surface area (Å²) in [6.45, 7) is 6.04. The Morgan fingerprint density at radius 2 is 1.97 bits per heavy atom. The summed E-state index contributed by atoms with van der Waals surface area (Å²) in [7, 11) is 1.57. The highest BCUT2D eigenvalue weighted by molar-refractivity contribution is 7.22. The quantitative estimate of drug-likeness (QED) is 0.395. The van der Waals surface area contributed by atoms with E-state index in [0.29, 0.717) is 34.3 Å². The van der Waals surface area contributed by atoms with Gasteiger partial charge >= 0.3 is 5.97 Å². The maximum atomic E-state index is 12.3. The number of nitrogens with one attached hydrogen (secondary N) is 1. The zero-order valence-corrected chi connectivity index (χ0v) is 18.6. The molecule has 0 spiro atoms. The third-order valence-corrected chi connectivity index (χ3v) is 5.05.